The molecular formula is C47H89N9O8S. The number of thioether (sulfide) groups is 1. The molecule has 17 nitrogen and oxygen atoms in total. The number of hydrogen-bond donors (Lipinski definition) is 9. The number of ketones is 1. The van der Waals surface area contributed by atoms with Crippen LogP contribution in [0.5, 0.6) is 0 Å². The number of nitrogens with two attached hydrogens (primary N) is 3. The van der Waals surface area contributed by atoms with Gasteiger partial charge in [-0.1, -0.05) is 97.8 Å². The van der Waals surface area contributed by atoms with Crippen LogP contribution in [-0.2, 0) is 38.4 Å². The quantitative estimate of drug-likeness (QED) is 0.0396. The number of unbranched alkanes of at least 4 members (excludes halogenated alkanes) is 14. The maximum absolute atomic E-state index is 13.8. The van der Waals surface area contributed by atoms with E-state index in [-0.39, 0.29) is 43.3 Å². The van der Waals surface area contributed by atoms with Crippen molar-refractivity contribution in [3.63, 3.8) is 0 Å². The van der Waals surface area contributed by atoms with E-state index in [1.807, 2.05) is 20.1 Å². The normalized spacial score (nSPS) is 13.5. The summed E-state index contributed by atoms with van der Waals surface area (Å²) < 4.78 is 0. The minimum atomic E-state index is -1.32. The zero-order valence-electron chi connectivity index (χ0n) is 40.7. The molecule has 0 aromatic carbocycles. The van der Waals surface area contributed by atoms with Gasteiger partial charge in [0.25, 0.3) is 0 Å². The fourth-order valence-electron chi connectivity index (χ4n) is 7.30. The minimum absolute atomic E-state index is 0.119. The smallest absolute Gasteiger partial charge is 0.243 e. The molecule has 0 rings (SSSR count). The number of carbonyl (C=O) groups is 8. The molecule has 12 N–H and O–H groups in total. The van der Waals surface area contributed by atoms with Crippen molar-refractivity contribution in [3.8, 4) is 0 Å². The fraction of sp³-hybridized carbons (Fsp3) is 0.830. The van der Waals surface area contributed by atoms with E-state index >= 15 is 0 Å². The Hall–Kier alpha value is -3.77. The van der Waals surface area contributed by atoms with Crippen molar-refractivity contribution in [1.29, 1.82) is 0 Å². The Kier molecular flexibility index (Phi) is 37.1. The third kappa shape index (κ3) is 32.5. The largest absolute Gasteiger partial charge is 0.370 e. The topological polar surface area (TPSA) is 287 Å². The molecule has 0 aliphatic heterocycles. The van der Waals surface area contributed by atoms with Crippen molar-refractivity contribution < 1.29 is 38.4 Å². The Bertz CT molecular complexity index is 1390. The van der Waals surface area contributed by atoms with Crippen LogP contribution in [0.2, 0.25) is 0 Å². The van der Waals surface area contributed by atoms with Gasteiger partial charge in [-0.05, 0) is 102 Å². The molecular weight excluding hydrogens is 851 g/mol. The maximum atomic E-state index is 13.8. The average molecular weight is 940 g/mol. The van der Waals surface area contributed by atoms with Crippen molar-refractivity contribution in [1.82, 2.24) is 31.9 Å². The molecule has 0 aromatic rings. The molecule has 0 saturated heterocycles. The summed E-state index contributed by atoms with van der Waals surface area (Å²) in [6.07, 6.45) is 20.4. The monoisotopic (exact) mass is 940 g/mol. The van der Waals surface area contributed by atoms with Gasteiger partial charge in [-0.2, -0.15) is 11.8 Å². The number of amides is 7. The lowest BCUT2D eigenvalue weighted by Gasteiger charge is -2.27. The summed E-state index contributed by atoms with van der Waals surface area (Å²) in [5.74, 6) is -3.74. The average Bonchev–Trinajstić information content (AvgIpc) is 3.25. The zero-order chi connectivity index (χ0) is 48.8. The van der Waals surface area contributed by atoms with Crippen molar-refractivity contribution in [2.75, 3.05) is 31.6 Å². The first-order valence-corrected chi connectivity index (χ1v) is 25.9. The molecule has 0 unspecified atom stereocenters. The molecule has 0 heterocycles. The number of primary amides is 1. The third-order valence-corrected chi connectivity index (χ3v) is 11.8. The van der Waals surface area contributed by atoms with E-state index in [9.17, 15) is 38.4 Å². The lowest BCUT2D eigenvalue weighted by Crippen LogP contribution is -2.58. The van der Waals surface area contributed by atoms with Gasteiger partial charge in [0.1, 0.15) is 24.2 Å². The van der Waals surface area contributed by atoms with Crippen LogP contribution in [0.4, 0.5) is 0 Å². The lowest BCUT2D eigenvalue weighted by atomic mass is 9.99. The Balaban J connectivity index is 5.56. The van der Waals surface area contributed by atoms with Gasteiger partial charge < -0.3 is 49.1 Å². The molecule has 0 aliphatic rings. The molecule has 18 heteroatoms. The summed E-state index contributed by atoms with van der Waals surface area (Å²) in [6.45, 7) is 7.67. The van der Waals surface area contributed by atoms with Crippen LogP contribution in [-0.4, -0.2) is 109 Å². The molecule has 0 bridgehead atoms. The van der Waals surface area contributed by atoms with Gasteiger partial charge in [-0.25, -0.2) is 0 Å². The van der Waals surface area contributed by atoms with Gasteiger partial charge in [-0.15, -0.1) is 0 Å². The maximum Gasteiger partial charge on any atom is 0.243 e. The second-order valence-electron chi connectivity index (χ2n) is 17.7. The molecule has 0 aromatic heterocycles. The van der Waals surface area contributed by atoms with E-state index in [0.717, 1.165) is 25.7 Å². The summed E-state index contributed by atoms with van der Waals surface area (Å²) in [5.41, 5.74) is 16.8. The molecule has 0 spiro atoms. The fourth-order valence-corrected chi connectivity index (χ4v) is 7.78. The Morgan fingerprint density at radius 1 is 0.492 bits per heavy atom. The Labute approximate surface area is 394 Å². The second kappa shape index (κ2) is 39.4. The highest BCUT2D eigenvalue weighted by molar-refractivity contribution is 7.98. The summed E-state index contributed by atoms with van der Waals surface area (Å²) in [4.78, 5) is 105. The van der Waals surface area contributed by atoms with Crippen LogP contribution in [0.1, 0.15) is 182 Å². The number of rotatable bonds is 42. The van der Waals surface area contributed by atoms with Crippen molar-refractivity contribution in [2.45, 2.75) is 212 Å². The predicted octanol–water partition coefficient (Wildman–Crippen LogP) is 3.92. The SMILES string of the molecule is CCCCCCCCCCCCCCCC(=O)N[C@@H](CCSC)C(=O)NCC(=O)N[C@@H](CCC(N)=O)C(=O)N[C@@H](CCCCN)C(=O)N[C@@H](CCCCN)C(=O)N[C@@H](CC(C)C)C(C)=O. The van der Waals surface area contributed by atoms with Gasteiger partial charge in [0, 0.05) is 12.8 Å². The Morgan fingerprint density at radius 3 is 1.35 bits per heavy atom. The summed E-state index contributed by atoms with van der Waals surface area (Å²) in [6, 6.07) is -5.12. The van der Waals surface area contributed by atoms with Gasteiger partial charge in [0.15, 0.2) is 5.78 Å². The van der Waals surface area contributed by atoms with Crippen LogP contribution in [0, 0.1) is 5.92 Å². The van der Waals surface area contributed by atoms with E-state index in [1.54, 1.807) is 0 Å². The molecule has 5 atom stereocenters. The van der Waals surface area contributed by atoms with Gasteiger partial charge in [-0.3, -0.25) is 38.4 Å². The molecule has 65 heavy (non-hydrogen) atoms. The number of Topliss-reactive ketones (excluding diaryl/α,β-unsaturated/α-hetero) is 1. The summed E-state index contributed by atoms with van der Waals surface area (Å²) >= 11 is 1.52. The summed E-state index contributed by atoms with van der Waals surface area (Å²) in [5, 5.41) is 16.1. The molecule has 376 valence electrons. The highest BCUT2D eigenvalue weighted by atomic mass is 32.2. The van der Waals surface area contributed by atoms with Gasteiger partial charge in [0.2, 0.25) is 41.4 Å². The first kappa shape index (κ1) is 61.2. The highest BCUT2D eigenvalue weighted by Gasteiger charge is 2.31. The standard InChI is InChI=1S/C47H89N9O8S/c1-6-7-8-9-10-11-12-13-14-15-16-17-18-25-42(59)52-39(28-31-65-5)44(61)51-33-43(60)53-38(26-27-41(50)58)47(64)55-36(23-19-21-29-48)45(62)54-37(24-20-22-30-49)46(63)56-40(35(4)57)32-34(2)3/h34,36-40H,6-33,48-49H2,1-5H3,(H2,50,58)(H,51,61)(H,52,59)(H,53,60)(H,54,62)(H,55,64)(H,56,63)/t36-,37-,38-,39-,40-/m0/s1. The zero-order valence-corrected chi connectivity index (χ0v) is 41.5. The summed E-state index contributed by atoms with van der Waals surface area (Å²) in [7, 11) is 0. The number of hydrogen-bond acceptors (Lipinski definition) is 11. The molecule has 0 radical (unpaired) electrons. The predicted molar refractivity (Wildman–Crippen MR) is 260 cm³/mol. The van der Waals surface area contributed by atoms with Crippen LogP contribution in [0.25, 0.3) is 0 Å². The van der Waals surface area contributed by atoms with Crippen LogP contribution >= 0.6 is 11.8 Å². The van der Waals surface area contributed by atoms with Crippen LogP contribution in [0.15, 0.2) is 0 Å². The number of nitrogens with one attached hydrogen (secondary N) is 6. The Morgan fingerprint density at radius 2 is 0.923 bits per heavy atom. The second-order valence-corrected chi connectivity index (χ2v) is 18.7. The van der Waals surface area contributed by atoms with Crippen LogP contribution < -0.4 is 49.1 Å². The molecule has 0 fully saturated rings. The van der Waals surface area contributed by atoms with Crippen molar-refractivity contribution in [3.05, 3.63) is 0 Å². The molecule has 0 saturated carbocycles. The highest BCUT2D eigenvalue weighted by Crippen LogP contribution is 2.14. The van der Waals surface area contributed by atoms with Crippen LogP contribution in [0.3, 0.4) is 0 Å². The first-order chi connectivity index (χ1) is 31.1. The van der Waals surface area contributed by atoms with Crippen molar-refractivity contribution in [2.24, 2.45) is 23.1 Å². The van der Waals surface area contributed by atoms with E-state index in [4.69, 9.17) is 17.2 Å². The van der Waals surface area contributed by atoms with E-state index in [0.29, 0.717) is 63.8 Å². The minimum Gasteiger partial charge on any atom is -0.370 e. The third-order valence-electron chi connectivity index (χ3n) is 11.2. The van der Waals surface area contributed by atoms with E-state index in [1.165, 1.54) is 76.5 Å². The van der Waals surface area contributed by atoms with E-state index in [2.05, 4.69) is 38.8 Å². The van der Waals surface area contributed by atoms with E-state index < -0.39 is 72.2 Å². The molecule has 7 amide bonds. The first-order valence-electron chi connectivity index (χ1n) is 24.5. The van der Waals surface area contributed by atoms with Gasteiger partial charge >= 0.3 is 0 Å². The van der Waals surface area contributed by atoms with Gasteiger partial charge in [0.05, 0.1) is 12.6 Å². The molecule has 0 aliphatic carbocycles. The lowest BCUT2D eigenvalue weighted by molar-refractivity contribution is -0.135. The van der Waals surface area contributed by atoms with Crippen molar-refractivity contribution >= 4 is 58.9 Å². The number of carbonyl (C=O) groups excluding carboxylic acids is 8.